The number of ether oxygens (including phenoxy) is 2. The summed E-state index contributed by atoms with van der Waals surface area (Å²) in [7, 11) is -15.5. The molecule has 2 rings (SSSR count). The Kier molecular flexibility index (Phi) is 7.76. The maximum atomic E-state index is 12.0. The maximum absolute atomic E-state index is 12.0. The molecule has 1 aliphatic heterocycles. The summed E-state index contributed by atoms with van der Waals surface area (Å²) in [4.78, 5) is 50.9. The molecule has 0 radical (unpaired) electrons. The van der Waals surface area contributed by atoms with Gasteiger partial charge in [-0.25, -0.2) is 18.5 Å². The molecule has 6 N–H and O–H groups in total. The highest BCUT2D eigenvalue weighted by atomic mass is 31.3. The van der Waals surface area contributed by atoms with Gasteiger partial charge in [-0.1, -0.05) is 0 Å². The van der Waals surface area contributed by atoms with Crippen LogP contribution < -0.4 is 10.4 Å². The highest BCUT2D eigenvalue weighted by Gasteiger charge is 2.46. The first-order valence-electron chi connectivity index (χ1n) is 7.57. The molecular weight excluding hydrogens is 481 g/mol. The van der Waals surface area contributed by atoms with Crippen molar-refractivity contribution < 1.29 is 66.1 Å². The Bertz CT molecular complexity index is 960. The van der Waals surface area contributed by atoms with E-state index in [1.807, 2.05) is 0 Å². The minimum absolute atomic E-state index is 0.0338. The van der Waals surface area contributed by atoms with Gasteiger partial charge in [-0.05, 0) is 0 Å². The average molecular weight is 498 g/mol. The fourth-order valence-electron chi connectivity index (χ4n) is 2.27. The zero-order chi connectivity index (χ0) is 22.9. The first-order valence-corrected chi connectivity index (χ1v) is 12.1. The Morgan fingerprint density at radius 1 is 1.10 bits per heavy atom. The molecule has 2 unspecified atom stereocenters. The molecule has 0 bridgehead atoms. The molecule has 0 saturated carbocycles. The van der Waals surface area contributed by atoms with Crippen molar-refractivity contribution in [2.45, 2.75) is 24.5 Å². The van der Waals surface area contributed by atoms with E-state index in [1.165, 1.54) is 13.2 Å². The van der Waals surface area contributed by atoms with Crippen LogP contribution in [0.1, 0.15) is 6.23 Å². The van der Waals surface area contributed by atoms with E-state index in [4.69, 9.17) is 24.2 Å². The SMILES string of the molecule is COc1ccn([C@@H]2O[C@H](COP(=O)(O)OP(=O)(O)OP(=O)(O)O)[C@@H](O)[C@H]2O)c(=O)n1. The number of aromatic nitrogens is 2. The van der Waals surface area contributed by atoms with Crippen LogP contribution in [0.25, 0.3) is 0 Å². The monoisotopic (exact) mass is 498 g/mol. The second-order valence-corrected chi connectivity index (χ2v) is 10.0. The van der Waals surface area contributed by atoms with Gasteiger partial charge in [-0.2, -0.15) is 13.6 Å². The van der Waals surface area contributed by atoms with Gasteiger partial charge in [0.2, 0.25) is 5.88 Å². The van der Waals surface area contributed by atoms with Crippen LogP contribution in [0.3, 0.4) is 0 Å². The minimum Gasteiger partial charge on any atom is -0.481 e. The molecule has 1 aromatic rings. The standard InChI is InChI=1S/C10H17N2O15P3/c1-23-6-2-3-12(10(15)11-6)9-8(14)7(13)5(25-9)4-24-29(19,20)27-30(21,22)26-28(16,17)18/h2-3,5,7-9,13-14H,4H2,1H3,(H,19,20)(H,21,22)(H2,16,17,18)/t5-,7-,8-,9-/m1/s1. The van der Waals surface area contributed by atoms with Crippen molar-refractivity contribution in [3.63, 3.8) is 0 Å². The normalized spacial score (nSPS) is 28.6. The van der Waals surface area contributed by atoms with Crippen molar-refractivity contribution in [3.05, 3.63) is 22.7 Å². The van der Waals surface area contributed by atoms with Crippen molar-refractivity contribution in [3.8, 4) is 5.88 Å². The Morgan fingerprint density at radius 2 is 1.73 bits per heavy atom. The zero-order valence-electron chi connectivity index (χ0n) is 14.8. The lowest BCUT2D eigenvalue weighted by molar-refractivity contribution is -0.0542. The molecule has 30 heavy (non-hydrogen) atoms. The summed E-state index contributed by atoms with van der Waals surface area (Å²) in [6, 6.07) is 1.25. The summed E-state index contributed by atoms with van der Waals surface area (Å²) in [6.07, 6.45) is -5.35. The van der Waals surface area contributed by atoms with Crippen molar-refractivity contribution in [1.82, 2.24) is 9.55 Å². The lowest BCUT2D eigenvalue weighted by atomic mass is 10.1. The molecule has 1 aliphatic rings. The number of nitrogens with zero attached hydrogens (tertiary/aromatic N) is 2. The van der Waals surface area contributed by atoms with Gasteiger partial charge in [0.05, 0.1) is 13.7 Å². The molecule has 17 nitrogen and oxygen atoms in total. The molecule has 0 spiro atoms. The van der Waals surface area contributed by atoms with E-state index in [9.17, 15) is 33.6 Å². The Labute approximate surface area is 166 Å². The summed E-state index contributed by atoms with van der Waals surface area (Å²) in [6.45, 7) is -1.02. The number of aliphatic hydroxyl groups is 2. The average Bonchev–Trinajstić information content (AvgIpc) is 2.85. The molecule has 1 aromatic heterocycles. The summed E-state index contributed by atoms with van der Waals surface area (Å²) in [5.41, 5.74) is -0.917. The third kappa shape index (κ3) is 6.73. The number of phosphoric ester groups is 1. The molecule has 0 amide bonds. The topological polar surface area (TPSA) is 254 Å². The van der Waals surface area contributed by atoms with Crippen molar-refractivity contribution >= 4 is 23.5 Å². The molecule has 2 heterocycles. The van der Waals surface area contributed by atoms with Crippen LogP contribution in [0, 0.1) is 0 Å². The fraction of sp³-hybridized carbons (Fsp3) is 0.600. The predicted molar refractivity (Wildman–Crippen MR) is 90.8 cm³/mol. The van der Waals surface area contributed by atoms with Gasteiger partial charge in [0, 0.05) is 12.3 Å². The lowest BCUT2D eigenvalue weighted by Crippen LogP contribution is -2.36. The van der Waals surface area contributed by atoms with Crippen molar-refractivity contribution in [2.24, 2.45) is 0 Å². The summed E-state index contributed by atoms with van der Waals surface area (Å²) >= 11 is 0. The molecule has 0 aliphatic carbocycles. The maximum Gasteiger partial charge on any atom is 0.490 e. The van der Waals surface area contributed by atoms with Gasteiger partial charge >= 0.3 is 29.2 Å². The van der Waals surface area contributed by atoms with Crippen LogP contribution in [0.2, 0.25) is 0 Å². The molecular formula is C10H17N2O15P3. The van der Waals surface area contributed by atoms with Crippen molar-refractivity contribution in [2.75, 3.05) is 13.7 Å². The van der Waals surface area contributed by atoms with Crippen LogP contribution in [0.4, 0.5) is 0 Å². The number of hydrogen-bond donors (Lipinski definition) is 6. The summed E-state index contributed by atoms with van der Waals surface area (Å²) < 4.78 is 55.7. The lowest BCUT2D eigenvalue weighted by Gasteiger charge is -2.19. The van der Waals surface area contributed by atoms with Crippen molar-refractivity contribution in [1.29, 1.82) is 0 Å². The van der Waals surface area contributed by atoms with Crippen LogP contribution in [-0.2, 0) is 31.6 Å². The van der Waals surface area contributed by atoms with Gasteiger partial charge in [-0.3, -0.25) is 9.09 Å². The van der Waals surface area contributed by atoms with Gasteiger partial charge in [0.25, 0.3) is 0 Å². The van der Waals surface area contributed by atoms with Gasteiger partial charge < -0.3 is 39.3 Å². The molecule has 172 valence electrons. The quantitative estimate of drug-likeness (QED) is 0.206. The van der Waals surface area contributed by atoms with Crippen LogP contribution >= 0.6 is 23.5 Å². The second-order valence-electron chi connectivity index (χ2n) is 5.59. The van der Waals surface area contributed by atoms with Crippen LogP contribution in [0.5, 0.6) is 5.88 Å². The third-order valence-corrected chi connectivity index (χ3v) is 7.25. The molecule has 1 fully saturated rings. The van der Waals surface area contributed by atoms with E-state index < -0.39 is 60.3 Å². The van der Waals surface area contributed by atoms with Gasteiger partial charge in [0.1, 0.15) is 18.3 Å². The van der Waals surface area contributed by atoms with Crippen LogP contribution in [-0.4, -0.2) is 71.4 Å². The second kappa shape index (κ2) is 9.22. The largest absolute Gasteiger partial charge is 0.490 e. The number of phosphoric acid groups is 3. The summed E-state index contributed by atoms with van der Waals surface area (Å²) in [5, 5.41) is 20.1. The van der Waals surface area contributed by atoms with E-state index in [1.54, 1.807) is 0 Å². The third-order valence-electron chi connectivity index (χ3n) is 3.44. The minimum atomic E-state index is -5.72. The number of hydrogen-bond acceptors (Lipinski definition) is 12. The Balaban J connectivity index is 2.06. The van der Waals surface area contributed by atoms with Crippen LogP contribution in [0.15, 0.2) is 17.1 Å². The zero-order valence-corrected chi connectivity index (χ0v) is 17.4. The van der Waals surface area contributed by atoms with E-state index >= 15 is 0 Å². The first kappa shape index (κ1) is 25.2. The Hall–Kier alpha value is -1.03. The molecule has 20 heteroatoms. The van der Waals surface area contributed by atoms with Gasteiger partial charge in [0.15, 0.2) is 6.23 Å². The van der Waals surface area contributed by atoms with Gasteiger partial charge in [-0.15, -0.1) is 0 Å². The highest BCUT2D eigenvalue weighted by Crippen LogP contribution is 2.66. The summed E-state index contributed by atoms with van der Waals surface area (Å²) in [5.74, 6) is -0.0338. The number of rotatable bonds is 9. The molecule has 0 aromatic carbocycles. The first-order chi connectivity index (χ1) is 13.6. The Morgan fingerprint density at radius 3 is 2.27 bits per heavy atom. The number of aliphatic hydroxyl groups excluding tert-OH is 2. The van der Waals surface area contributed by atoms with E-state index in [0.29, 0.717) is 0 Å². The number of methoxy groups -OCH3 is 1. The van der Waals surface area contributed by atoms with E-state index in [2.05, 4.69) is 18.1 Å². The molecule has 6 atom stereocenters. The van der Waals surface area contributed by atoms with E-state index in [-0.39, 0.29) is 5.88 Å². The smallest absolute Gasteiger partial charge is 0.481 e. The fourth-order valence-corrected chi connectivity index (χ4v) is 5.30. The highest BCUT2D eigenvalue weighted by molar-refractivity contribution is 7.66. The molecule has 1 saturated heterocycles. The predicted octanol–water partition coefficient (Wildman–Crippen LogP) is -1.79. The van der Waals surface area contributed by atoms with E-state index in [0.717, 1.165) is 10.8 Å².